The van der Waals surface area contributed by atoms with Crippen molar-refractivity contribution >= 4 is 22.9 Å². The summed E-state index contributed by atoms with van der Waals surface area (Å²) in [6.45, 7) is 1.11. The van der Waals surface area contributed by atoms with E-state index in [0.29, 0.717) is 41.4 Å². The van der Waals surface area contributed by atoms with Crippen molar-refractivity contribution in [3.05, 3.63) is 72.1 Å². The lowest BCUT2D eigenvalue weighted by Crippen LogP contribution is -2.12. The van der Waals surface area contributed by atoms with Crippen LogP contribution in [-0.4, -0.2) is 51.5 Å². The Morgan fingerprint density at radius 1 is 1.03 bits per heavy atom. The van der Waals surface area contributed by atoms with Gasteiger partial charge >= 0.3 is 0 Å². The van der Waals surface area contributed by atoms with Gasteiger partial charge in [0, 0.05) is 56.0 Å². The lowest BCUT2D eigenvalue weighted by Gasteiger charge is -2.12. The molecule has 5 aromatic rings. The van der Waals surface area contributed by atoms with E-state index in [-0.39, 0.29) is 0 Å². The molecule has 0 saturated heterocycles. The predicted octanol–water partition coefficient (Wildman–Crippen LogP) is 5.18. The maximum Gasteiger partial charge on any atom is 0.218 e. The van der Waals surface area contributed by atoms with Gasteiger partial charge in [0.2, 0.25) is 5.82 Å². The summed E-state index contributed by atoms with van der Waals surface area (Å²) in [5, 5.41) is 8.82. The number of fused-ring (bicyclic) bond motifs is 1. The summed E-state index contributed by atoms with van der Waals surface area (Å²) in [5.74, 6) is 2.45. The second-order valence-corrected chi connectivity index (χ2v) is 8.34. The van der Waals surface area contributed by atoms with Gasteiger partial charge < -0.3 is 19.4 Å². The van der Waals surface area contributed by atoms with Crippen LogP contribution < -0.4 is 10.1 Å². The first-order valence-corrected chi connectivity index (χ1v) is 11.5. The molecule has 0 aliphatic heterocycles. The molecule has 9 heteroatoms. The highest BCUT2D eigenvalue weighted by atomic mass is 35.5. The number of ether oxygens (including phenoxy) is 2. The molecular weight excluding hydrogens is 464 g/mol. The highest BCUT2D eigenvalue weighted by Crippen LogP contribution is 2.44. The Kier molecular flexibility index (Phi) is 6.39. The second kappa shape index (κ2) is 9.77. The van der Waals surface area contributed by atoms with Crippen molar-refractivity contribution in [1.82, 2.24) is 24.1 Å². The number of anilines is 1. The van der Waals surface area contributed by atoms with E-state index in [1.165, 1.54) is 0 Å². The quantitative estimate of drug-likeness (QED) is 0.303. The number of hydrogen-bond donors (Lipinski definition) is 1. The molecule has 1 N–H and O–H groups in total. The summed E-state index contributed by atoms with van der Waals surface area (Å²) in [6, 6.07) is 15.9. The van der Waals surface area contributed by atoms with Crippen LogP contribution in [0.3, 0.4) is 0 Å². The molecule has 0 fully saturated rings. The van der Waals surface area contributed by atoms with Crippen molar-refractivity contribution in [3.63, 3.8) is 0 Å². The van der Waals surface area contributed by atoms with Gasteiger partial charge in [-0.05, 0) is 11.6 Å². The van der Waals surface area contributed by atoms with Gasteiger partial charge in [0.1, 0.15) is 11.3 Å². The third-order valence-corrected chi connectivity index (χ3v) is 6.18. The average Bonchev–Trinajstić information content (AvgIpc) is 3.48. The lowest BCUT2D eigenvalue weighted by molar-refractivity contribution is 0.210. The number of benzene rings is 2. The van der Waals surface area contributed by atoms with Crippen LogP contribution in [0, 0.1) is 0 Å². The van der Waals surface area contributed by atoms with E-state index in [4.69, 9.17) is 31.2 Å². The van der Waals surface area contributed by atoms with Crippen LogP contribution >= 0.6 is 11.6 Å². The highest BCUT2D eigenvalue weighted by molar-refractivity contribution is 6.35. The summed E-state index contributed by atoms with van der Waals surface area (Å²) in [5.41, 5.74) is 4.58. The normalized spacial score (nSPS) is 11.2. The maximum absolute atomic E-state index is 6.79. The Bertz CT molecular complexity index is 1480. The van der Waals surface area contributed by atoms with E-state index in [1.54, 1.807) is 20.4 Å². The number of nitrogens with one attached hydrogen (secondary N) is 1. The first-order valence-electron chi connectivity index (χ1n) is 11.1. The molecule has 0 amide bonds. The predicted molar refractivity (Wildman–Crippen MR) is 138 cm³/mol. The summed E-state index contributed by atoms with van der Waals surface area (Å²) in [4.78, 5) is 9.33. The van der Waals surface area contributed by atoms with Crippen LogP contribution in [0.4, 0.5) is 5.82 Å². The first-order chi connectivity index (χ1) is 17.1. The van der Waals surface area contributed by atoms with E-state index in [0.717, 1.165) is 27.8 Å². The summed E-state index contributed by atoms with van der Waals surface area (Å²) >= 11 is 6.79. The molecule has 3 heterocycles. The molecule has 2 aromatic carbocycles. The summed E-state index contributed by atoms with van der Waals surface area (Å²) in [7, 11) is 5.20. The van der Waals surface area contributed by atoms with Gasteiger partial charge in [-0.2, -0.15) is 0 Å². The number of hydrogen-bond acceptors (Lipinski definition) is 6. The molecule has 0 atom stereocenters. The fourth-order valence-corrected chi connectivity index (χ4v) is 4.44. The second-order valence-electron chi connectivity index (χ2n) is 7.96. The van der Waals surface area contributed by atoms with Crippen molar-refractivity contribution in [2.45, 2.75) is 0 Å². The Hall–Kier alpha value is -3.88. The number of aromatic nitrogens is 5. The molecule has 0 unspecified atom stereocenters. The summed E-state index contributed by atoms with van der Waals surface area (Å²) in [6.07, 6.45) is 5.58. The molecule has 5 rings (SSSR count). The fraction of sp³-hybridized carbons (Fsp3) is 0.192. The van der Waals surface area contributed by atoms with E-state index >= 15 is 0 Å². The van der Waals surface area contributed by atoms with Gasteiger partial charge in [0.15, 0.2) is 11.6 Å². The first kappa shape index (κ1) is 22.9. The van der Waals surface area contributed by atoms with Gasteiger partial charge in [-0.1, -0.05) is 54.1 Å². The standard InChI is InChI=1S/C26H25ClN6O2/c1-32-14-12-29-26(32)25-30-24(28-13-15-34-2)23-21(17-8-5-4-6-9-17)19(16-33(23)31-25)18-10-7-11-20(35-3)22(18)27/h4-12,14,16H,13,15H2,1-3H3,(H,28,30,31). The molecule has 0 aliphatic rings. The molecule has 35 heavy (non-hydrogen) atoms. The number of rotatable bonds is 8. The topological polar surface area (TPSA) is 78.5 Å². The third kappa shape index (κ3) is 4.22. The number of imidazole rings is 1. The van der Waals surface area contributed by atoms with Crippen LogP contribution in [0.2, 0.25) is 5.02 Å². The lowest BCUT2D eigenvalue weighted by atomic mass is 9.97. The number of nitrogens with zero attached hydrogens (tertiary/aromatic N) is 5. The average molecular weight is 489 g/mol. The minimum absolute atomic E-state index is 0.503. The molecule has 3 aromatic heterocycles. The van der Waals surface area contributed by atoms with Crippen molar-refractivity contribution in [2.75, 3.05) is 32.7 Å². The molecular formula is C26H25ClN6O2. The largest absolute Gasteiger partial charge is 0.495 e. The van der Waals surface area contributed by atoms with E-state index in [9.17, 15) is 0 Å². The molecule has 178 valence electrons. The van der Waals surface area contributed by atoms with Gasteiger partial charge in [0.05, 0.1) is 18.7 Å². The monoisotopic (exact) mass is 488 g/mol. The van der Waals surface area contributed by atoms with Crippen molar-refractivity contribution in [2.24, 2.45) is 7.05 Å². The minimum Gasteiger partial charge on any atom is -0.495 e. The molecule has 0 aliphatic carbocycles. The maximum atomic E-state index is 6.79. The minimum atomic E-state index is 0.503. The van der Waals surface area contributed by atoms with E-state index in [1.807, 2.05) is 64.9 Å². The van der Waals surface area contributed by atoms with Crippen molar-refractivity contribution in [3.8, 4) is 39.7 Å². The van der Waals surface area contributed by atoms with Crippen molar-refractivity contribution < 1.29 is 9.47 Å². The van der Waals surface area contributed by atoms with Crippen LogP contribution in [0.1, 0.15) is 0 Å². The molecule has 8 nitrogen and oxygen atoms in total. The zero-order chi connectivity index (χ0) is 24.4. The highest BCUT2D eigenvalue weighted by Gasteiger charge is 2.23. The number of aryl methyl sites for hydroxylation is 1. The zero-order valence-corrected chi connectivity index (χ0v) is 20.5. The number of methoxy groups -OCH3 is 2. The molecule has 0 bridgehead atoms. The van der Waals surface area contributed by atoms with Gasteiger partial charge in [-0.3, -0.25) is 0 Å². The van der Waals surface area contributed by atoms with Crippen LogP contribution in [0.25, 0.3) is 39.4 Å². The van der Waals surface area contributed by atoms with Gasteiger partial charge in [0.25, 0.3) is 0 Å². The Labute approximate surface area is 208 Å². The van der Waals surface area contributed by atoms with Crippen LogP contribution in [0.5, 0.6) is 5.75 Å². The molecule has 0 radical (unpaired) electrons. The van der Waals surface area contributed by atoms with Gasteiger partial charge in [-0.25, -0.2) is 14.5 Å². The van der Waals surface area contributed by atoms with Crippen LogP contribution in [0.15, 0.2) is 67.1 Å². The molecule has 0 spiro atoms. The third-order valence-electron chi connectivity index (χ3n) is 5.79. The van der Waals surface area contributed by atoms with Crippen molar-refractivity contribution in [1.29, 1.82) is 0 Å². The Balaban J connectivity index is 1.83. The SMILES string of the molecule is COCCNc1nc(-c2nccn2C)nn2cc(-c3cccc(OC)c3Cl)c(-c3ccccc3)c12. The molecule has 0 saturated carbocycles. The Morgan fingerprint density at radius 3 is 2.57 bits per heavy atom. The zero-order valence-electron chi connectivity index (χ0n) is 19.7. The number of halogens is 1. The smallest absolute Gasteiger partial charge is 0.218 e. The summed E-state index contributed by atoms with van der Waals surface area (Å²) < 4.78 is 14.5. The van der Waals surface area contributed by atoms with Crippen LogP contribution in [-0.2, 0) is 11.8 Å². The van der Waals surface area contributed by atoms with E-state index in [2.05, 4.69) is 22.4 Å². The Morgan fingerprint density at radius 2 is 1.86 bits per heavy atom. The van der Waals surface area contributed by atoms with Gasteiger partial charge in [-0.15, -0.1) is 5.10 Å². The van der Waals surface area contributed by atoms with E-state index < -0.39 is 0 Å². The fourth-order valence-electron chi connectivity index (χ4n) is 4.13.